The van der Waals surface area contributed by atoms with Crippen molar-refractivity contribution in [3.05, 3.63) is 63.8 Å². The van der Waals surface area contributed by atoms with Gasteiger partial charge in [-0.05, 0) is 5.56 Å². The second-order valence-corrected chi connectivity index (χ2v) is 3.60. The number of aromatic amines is 1. The van der Waals surface area contributed by atoms with E-state index in [0.29, 0.717) is 12.2 Å². The molecule has 0 bridgehead atoms. The third-order valence-electron chi connectivity index (χ3n) is 2.33. The minimum Gasteiger partial charge on any atom is -0.365 e. The molecule has 1 aromatic carbocycles. The quantitative estimate of drug-likeness (QED) is 0.801. The van der Waals surface area contributed by atoms with Crippen molar-refractivity contribution in [1.82, 2.24) is 9.97 Å². The lowest BCUT2D eigenvalue weighted by atomic mass is 10.1. The van der Waals surface area contributed by atoms with Crippen molar-refractivity contribution in [2.45, 2.75) is 6.42 Å². The molecule has 3 N–H and O–H groups in total. The van der Waals surface area contributed by atoms with Crippen LogP contribution in [0, 0.1) is 0 Å². The Bertz CT molecular complexity index is 590. The van der Waals surface area contributed by atoms with E-state index < -0.39 is 11.5 Å². The van der Waals surface area contributed by atoms with Crippen LogP contribution >= 0.6 is 0 Å². The Morgan fingerprint density at radius 1 is 1.29 bits per heavy atom. The number of hydrogen-bond acceptors (Lipinski definition) is 3. The zero-order valence-electron chi connectivity index (χ0n) is 9.01. The van der Waals surface area contributed by atoms with Crippen LogP contribution < -0.4 is 11.3 Å². The number of rotatable bonds is 3. The average molecular weight is 229 g/mol. The molecule has 2 aromatic rings. The zero-order valence-corrected chi connectivity index (χ0v) is 9.01. The summed E-state index contributed by atoms with van der Waals surface area (Å²) in [5.74, 6) is -0.267. The third-order valence-corrected chi connectivity index (χ3v) is 2.33. The standard InChI is InChI=1S/C12H11N3O2/c13-11(16)9-7-14-10(15-12(9)17)6-8-4-2-1-3-5-8/h1-5,7H,6H2,(H2,13,16)(H,14,15,17). The fraction of sp³-hybridized carbons (Fsp3) is 0.0833. The number of hydrogen-bond donors (Lipinski definition) is 2. The van der Waals surface area contributed by atoms with E-state index in [1.54, 1.807) is 0 Å². The summed E-state index contributed by atoms with van der Waals surface area (Å²) in [7, 11) is 0. The summed E-state index contributed by atoms with van der Waals surface area (Å²) < 4.78 is 0. The predicted molar refractivity (Wildman–Crippen MR) is 62.6 cm³/mol. The second-order valence-electron chi connectivity index (χ2n) is 3.60. The number of benzene rings is 1. The van der Waals surface area contributed by atoms with Crippen molar-refractivity contribution in [1.29, 1.82) is 0 Å². The van der Waals surface area contributed by atoms with Gasteiger partial charge in [0.1, 0.15) is 11.4 Å². The van der Waals surface area contributed by atoms with Crippen molar-refractivity contribution < 1.29 is 4.79 Å². The molecule has 17 heavy (non-hydrogen) atoms. The second kappa shape index (κ2) is 4.61. The SMILES string of the molecule is NC(=O)c1cnc(Cc2ccccc2)[nH]c1=O. The Kier molecular flexibility index (Phi) is 3.00. The number of H-pyrrole nitrogens is 1. The highest BCUT2D eigenvalue weighted by atomic mass is 16.2. The van der Waals surface area contributed by atoms with Gasteiger partial charge in [0.2, 0.25) is 0 Å². The highest BCUT2D eigenvalue weighted by Crippen LogP contribution is 2.03. The van der Waals surface area contributed by atoms with Crippen LogP contribution in [0.2, 0.25) is 0 Å². The summed E-state index contributed by atoms with van der Waals surface area (Å²) in [5, 5.41) is 0. The Labute approximate surface area is 97.3 Å². The van der Waals surface area contributed by atoms with Crippen LogP contribution in [0.4, 0.5) is 0 Å². The Morgan fingerprint density at radius 2 is 2.00 bits per heavy atom. The lowest BCUT2D eigenvalue weighted by molar-refractivity contribution is 0.0998. The minimum absolute atomic E-state index is 0.123. The van der Waals surface area contributed by atoms with E-state index >= 15 is 0 Å². The van der Waals surface area contributed by atoms with E-state index in [4.69, 9.17) is 5.73 Å². The van der Waals surface area contributed by atoms with E-state index in [9.17, 15) is 9.59 Å². The Morgan fingerprint density at radius 3 is 2.59 bits per heavy atom. The molecule has 0 spiro atoms. The maximum Gasteiger partial charge on any atom is 0.263 e. The number of carbonyl (C=O) groups is 1. The van der Waals surface area contributed by atoms with Gasteiger partial charge in [-0.25, -0.2) is 4.98 Å². The molecule has 1 heterocycles. The summed E-state index contributed by atoms with van der Waals surface area (Å²) in [6.07, 6.45) is 1.72. The molecule has 0 fully saturated rings. The normalized spacial score (nSPS) is 10.1. The number of nitrogens with two attached hydrogens (primary N) is 1. The van der Waals surface area contributed by atoms with Crippen LogP contribution in [-0.4, -0.2) is 15.9 Å². The van der Waals surface area contributed by atoms with E-state index in [2.05, 4.69) is 9.97 Å². The van der Waals surface area contributed by atoms with Crippen LogP contribution in [0.1, 0.15) is 21.7 Å². The van der Waals surface area contributed by atoms with Crippen molar-refractivity contribution in [2.75, 3.05) is 0 Å². The maximum atomic E-state index is 11.5. The topological polar surface area (TPSA) is 88.8 Å². The number of carbonyl (C=O) groups excluding carboxylic acids is 1. The smallest absolute Gasteiger partial charge is 0.263 e. The van der Waals surface area contributed by atoms with E-state index in [-0.39, 0.29) is 5.56 Å². The first kappa shape index (κ1) is 11.1. The molecule has 1 amide bonds. The van der Waals surface area contributed by atoms with Gasteiger partial charge in [0, 0.05) is 12.6 Å². The molecule has 5 nitrogen and oxygen atoms in total. The fourth-order valence-electron chi connectivity index (χ4n) is 1.49. The number of aromatic nitrogens is 2. The molecule has 0 radical (unpaired) electrons. The molecule has 86 valence electrons. The van der Waals surface area contributed by atoms with Gasteiger partial charge in [0.05, 0.1) is 0 Å². The Hall–Kier alpha value is -2.43. The summed E-state index contributed by atoms with van der Waals surface area (Å²) in [6, 6.07) is 9.59. The van der Waals surface area contributed by atoms with E-state index in [0.717, 1.165) is 5.56 Å². The molecule has 2 rings (SSSR count). The zero-order chi connectivity index (χ0) is 12.3. The van der Waals surface area contributed by atoms with Crippen LogP contribution in [-0.2, 0) is 6.42 Å². The molecule has 5 heteroatoms. The molecular formula is C12H11N3O2. The van der Waals surface area contributed by atoms with E-state index in [1.807, 2.05) is 30.3 Å². The van der Waals surface area contributed by atoms with Gasteiger partial charge in [-0.1, -0.05) is 30.3 Å². The lowest BCUT2D eigenvalue weighted by Gasteiger charge is -2.01. The predicted octanol–water partition coefficient (Wildman–Crippen LogP) is 0.460. The molecule has 0 aliphatic carbocycles. The molecular weight excluding hydrogens is 218 g/mol. The summed E-state index contributed by atoms with van der Waals surface area (Å²) >= 11 is 0. The monoisotopic (exact) mass is 229 g/mol. The Balaban J connectivity index is 2.27. The van der Waals surface area contributed by atoms with Gasteiger partial charge in [0.25, 0.3) is 11.5 Å². The van der Waals surface area contributed by atoms with Crippen LogP contribution in [0.25, 0.3) is 0 Å². The summed E-state index contributed by atoms with van der Waals surface area (Å²) in [4.78, 5) is 28.9. The molecule has 0 unspecified atom stereocenters. The van der Waals surface area contributed by atoms with Gasteiger partial charge >= 0.3 is 0 Å². The largest absolute Gasteiger partial charge is 0.365 e. The highest BCUT2D eigenvalue weighted by Gasteiger charge is 2.07. The maximum absolute atomic E-state index is 11.5. The van der Waals surface area contributed by atoms with Gasteiger partial charge in [-0.15, -0.1) is 0 Å². The van der Waals surface area contributed by atoms with Gasteiger partial charge in [-0.3, -0.25) is 9.59 Å². The molecule has 0 aliphatic heterocycles. The number of primary amides is 1. The van der Waals surface area contributed by atoms with Crippen molar-refractivity contribution in [3.63, 3.8) is 0 Å². The van der Waals surface area contributed by atoms with Gasteiger partial charge < -0.3 is 10.7 Å². The number of nitrogens with zero attached hydrogens (tertiary/aromatic N) is 1. The minimum atomic E-state index is -0.773. The van der Waals surface area contributed by atoms with Crippen molar-refractivity contribution in [3.8, 4) is 0 Å². The first-order valence-electron chi connectivity index (χ1n) is 5.09. The van der Waals surface area contributed by atoms with Crippen LogP contribution in [0.5, 0.6) is 0 Å². The van der Waals surface area contributed by atoms with Crippen LogP contribution in [0.3, 0.4) is 0 Å². The highest BCUT2D eigenvalue weighted by molar-refractivity contribution is 5.91. The molecule has 0 atom stereocenters. The van der Waals surface area contributed by atoms with Gasteiger partial charge in [0.15, 0.2) is 0 Å². The summed E-state index contributed by atoms with van der Waals surface area (Å²) in [5.41, 5.74) is 5.42. The first-order valence-corrected chi connectivity index (χ1v) is 5.09. The fourth-order valence-corrected chi connectivity index (χ4v) is 1.49. The molecule has 0 saturated carbocycles. The van der Waals surface area contributed by atoms with Crippen molar-refractivity contribution >= 4 is 5.91 Å². The molecule has 1 aromatic heterocycles. The van der Waals surface area contributed by atoms with Crippen LogP contribution in [0.15, 0.2) is 41.3 Å². The average Bonchev–Trinajstić information content (AvgIpc) is 2.30. The van der Waals surface area contributed by atoms with Crippen molar-refractivity contribution in [2.24, 2.45) is 5.73 Å². The first-order chi connectivity index (χ1) is 8.16. The lowest BCUT2D eigenvalue weighted by Crippen LogP contribution is -2.25. The van der Waals surface area contributed by atoms with E-state index in [1.165, 1.54) is 6.20 Å². The third kappa shape index (κ3) is 2.57. The number of nitrogens with one attached hydrogen (secondary N) is 1. The number of amides is 1. The van der Waals surface area contributed by atoms with Gasteiger partial charge in [-0.2, -0.15) is 0 Å². The molecule has 0 aliphatic rings. The summed E-state index contributed by atoms with van der Waals surface area (Å²) in [6.45, 7) is 0. The molecule has 0 saturated heterocycles.